The van der Waals surface area contributed by atoms with Crippen molar-refractivity contribution >= 4 is 34.4 Å². The van der Waals surface area contributed by atoms with Crippen LogP contribution < -0.4 is 10.3 Å². The van der Waals surface area contributed by atoms with E-state index >= 15 is 0 Å². The number of benzene rings is 3. The number of anilines is 1. The molecule has 6 rings (SSSR count). The summed E-state index contributed by atoms with van der Waals surface area (Å²) >= 11 is 1.29. The molecule has 3 aromatic carbocycles. The Morgan fingerprint density at radius 1 is 0.912 bits per heavy atom. The first-order chi connectivity index (χ1) is 16.7. The normalized spacial score (nSPS) is 15.5. The summed E-state index contributed by atoms with van der Waals surface area (Å²) in [6, 6.07) is 27.2. The van der Waals surface area contributed by atoms with E-state index in [1.54, 1.807) is 0 Å². The molecule has 1 N–H and O–H groups in total. The van der Waals surface area contributed by atoms with Gasteiger partial charge in [0.1, 0.15) is 0 Å². The molecule has 0 radical (unpaired) electrons. The molecule has 2 amide bonds. The van der Waals surface area contributed by atoms with E-state index in [1.165, 1.54) is 16.7 Å². The van der Waals surface area contributed by atoms with Crippen LogP contribution >= 0.6 is 11.8 Å². The molecule has 4 aromatic rings. The number of thioether (sulfide) groups is 1. The largest absolute Gasteiger partial charge is 0.292 e. The highest BCUT2D eigenvalue weighted by atomic mass is 32.2. The van der Waals surface area contributed by atoms with Gasteiger partial charge in [0.25, 0.3) is 5.91 Å². The summed E-state index contributed by atoms with van der Waals surface area (Å²) in [5.74, 6) is -0.204. The molecular weight excluding hydrogens is 446 g/mol. The fraction of sp³-hybridized carbons (Fsp3) is 0.0769. The van der Waals surface area contributed by atoms with E-state index in [4.69, 9.17) is 0 Å². The Morgan fingerprint density at radius 2 is 1.59 bits per heavy atom. The monoisotopic (exact) mass is 465 g/mol. The lowest BCUT2D eigenvalue weighted by molar-refractivity contribution is -0.115. The number of hydrogen-bond donors (Lipinski definition) is 1. The van der Waals surface area contributed by atoms with Crippen LogP contribution in [0.15, 0.2) is 90.0 Å². The molecule has 0 atom stereocenters. The number of nitrogens with one attached hydrogen (secondary N) is 1. The summed E-state index contributed by atoms with van der Waals surface area (Å²) in [6.45, 7) is 0. The molecule has 1 aliphatic carbocycles. The quantitative estimate of drug-likeness (QED) is 0.403. The van der Waals surface area contributed by atoms with Crippen molar-refractivity contribution in [2.45, 2.75) is 6.42 Å². The summed E-state index contributed by atoms with van der Waals surface area (Å²) in [7, 11) is 0. The smallest absolute Gasteiger partial charge is 0.273 e. The van der Waals surface area contributed by atoms with Crippen LogP contribution in [0.2, 0.25) is 0 Å². The maximum atomic E-state index is 13.3. The predicted molar refractivity (Wildman–Crippen MR) is 133 cm³/mol. The Kier molecular flexibility index (Phi) is 5.00. The zero-order valence-electron chi connectivity index (χ0n) is 18.0. The lowest BCUT2D eigenvalue weighted by Crippen LogP contribution is -2.31. The SMILES string of the molecule is O=C(N/N=C1/SCC(=O)N1c1ccccc1)c1nn(-c2ccccc2)c2c1Cc1ccccc1-2. The minimum atomic E-state index is -0.404. The van der Waals surface area contributed by atoms with Crippen LogP contribution in [-0.2, 0) is 11.2 Å². The highest BCUT2D eigenvalue weighted by Gasteiger charge is 2.32. The Hall–Kier alpha value is -4.17. The van der Waals surface area contributed by atoms with Gasteiger partial charge in [-0.1, -0.05) is 72.4 Å². The number of fused-ring (bicyclic) bond motifs is 3. The first-order valence-corrected chi connectivity index (χ1v) is 11.8. The van der Waals surface area contributed by atoms with Crippen molar-refractivity contribution in [3.63, 3.8) is 0 Å². The molecule has 7 nitrogen and oxygen atoms in total. The molecule has 2 aliphatic rings. The van der Waals surface area contributed by atoms with Crippen LogP contribution in [0.3, 0.4) is 0 Å². The summed E-state index contributed by atoms with van der Waals surface area (Å²) < 4.78 is 1.83. The van der Waals surface area contributed by atoms with Crippen molar-refractivity contribution < 1.29 is 9.59 Å². The van der Waals surface area contributed by atoms with Gasteiger partial charge in [-0.05, 0) is 29.8 Å². The van der Waals surface area contributed by atoms with Gasteiger partial charge in [-0.3, -0.25) is 14.5 Å². The average Bonchev–Trinajstić information content (AvgIpc) is 3.55. The molecule has 1 fully saturated rings. The Labute approximate surface area is 200 Å². The number of rotatable bonds is 4. The fourth-order valence-corrected chi connectivity index (χ4v) is 5.18. The summed E-state index contributed by atoms with van der Waals surface area (Å²) in [5, 5.41) is 9.42. The molecular formula is C26H19N5O2S. The van der Waals surface area contributed by atoms with Gasteiger partial charge < -0.3 is 0 Å². The molecule has 8 heteroatoms. The second-order valence-electron chi connectivity index (χ2n) is 7.95. The van der Waals surface area contributed by atoms with Crippen LogP contribution in [0, 0.1) is 0 Å². The molecule has 166 valence electrons. The number of carbonyl (C=O) groups excluding carboxylic acids is 2. The topological polar surface area (TPSA) is 79.6 Å². The molecule has 1 saturated heterocycles. The van der Waals surface area contributed by atoms with Gasteiger partial charge in [0.2, 0.25) is 5.91 Å². The highest BCUT2D eigenvalue weighted by Crippen LogP contribution is 2.39. The second-order valence-corrected chi connectivity index (χ2v) is 8.89. The number of amides is 2. The van der Waals surface area contributed by atoms with Crippen molar-refractivity contribution in [2.75, 3.05) is 10.7 Å². The number of para-hydroxylation sites is 2. The van der Waals surface area contributed by atoms with Gasteiger partial charge in [0, 0.05) is 17.5 Å². The van der Waals surface area contributed by atoms with Gasteiger partial charge in [0.05, 0.1) is 22.8 Å². The van der Waals surface area contributed by atoms with Crippen molar-refractivity contribution in [1.82, 2.24) is 15.2 Å². The Balaban J connectivity index is 1.36. The van der Waals surface area contributed by atoms with Crippen molar-refractivity contribution in [2.24, 2.45) is 5.10 Å². The van der Waals surface area contributed by atoms with E-state index in [0.29, 0.717) is 17.3 Å². The van der Waals surface area contributed by atoms with Crippen LogP contribution in [-0.4, -0.2) is 32.5 Å². The van der Waals surface area contributed by atoms with Gasteiger partial charge in [-0.25, -0.2) is 10.1 Å². The summed E-state index contributed by atoms with van der Waals surface area (Å²) in [4.78, 5) is 27.2. The van der Waals surface area contributed by atoms with Crippen LogP contribution in [0.5, 0.6) is 0 Å². The molecule has 0 bridgehead atoms. The molecule has 2 heterocycles. The van der Waals surface area contributed by atoms with E-state index in [1.807, 2.05) is 77.5 Å². The van der Waals surface area contributed by atoms with Crippen molar-refractivity contribution in [3.05, 3.63) is 102 Å². The third-order valence-electron chi connectivity index (χ3n) is 5.87. The lowest BCUT2D eigenvalue weighted by Gasteiger charge is -2.15. The summed E-state index contributed by atoms with van der Waals surface area (Å²) in [6.07, 6.45) is 0.626. The van der Waals surface area contributed by atoms with Crippen molar-refractivity contribution in [3.8, 4) is 16.9 Å². The van der Waals surface area contributed by atoms with Crippen LogP contribution in [0.1, 0.15) is 21.6 Å². The number of nitrogens with zero attached hydrogens (tertiary/aromatic N) is 4. The van der Waals surface area contributed by atoms with Gasteiger partial charge in [0.15, 0.2) is 10.9 Å². The zero-order chi connectivity index (χ0) is 23.1. The number of hydrogen-bond acceptors (Lipinski definition) is 5. The predicted octanol–water partition coefficient (Wildman–Crippen LogP) is 4.22. The molecule has 1 aromatic heterocycles. The van der Waals surface area contributed by atoms with Gasteiger partial charge >= 0.3 is 0 Å². The number of aromatic nitrogens is 2. The molecule has 0 saturated carbocycles. The number of hydrazone groups is 1. The lowest BCUT2D eigenvalue weighted by atomic mass is 10.1. The highest BCUT2D eigenvalue weighted by molar-refractivity contribution is 8.15. The minimum absolute atomic E-state index is 0.0751. The van der Waals surface area contributed by atoms with E-state index in [-0.39, 0.29) is 11.7 Å². The Bertz CT molecular complexity index is 1450. The zero-order valence-corrected chi connectivity index (χ0v) is 18.8. The van der Waals surface area contributed by atoms with Crippen LogP contribution in [0.4, 0.5) is 5.69 Å². The fourth-order valence-electron chi connectivity index (χ4n) is 4.36. The number of amidine groups is 1. The third kappa shape index (κ3) is 3.39. The molecule has 0 spiro atoms. The third-order valence-corrected chi connectivity index (χ3v) is 6.80. The van der Waals surface area contributed by atoms with Crippen molar-refractivity contribution in [1.29, 1.82) is 0 Å². The first kappa shape index (κ1) is 20.4. The number of carbonyl (C=O) groups is 2. The van der Waals surface area contributed by atoms with E-state index in [0.717, 1.165) is 33.8 Å². The summed E-state index contributed by atoms with van der Waals surface area (Å²) in [5.41, 5.74) is 8.61. The maximum Gasteiger partial charge on any atom is 0.292 e. The van der Waals surface area contributed by atoms with Crippen LogP contribution in [0.25, 0.3) is 16.9 Å². The van der Waals surface area contributed by atoms with E-state index in [9.17, 15) is 9.59 Å². The van der Waals surface area contributed by atoms with E-state index in [2.05, 4.69) is 27.8 Å². The maximum absolute atomic E-state index is 13.3. The standard InChI is InChI=1S/C26H19N5O2S/c32-22-16-34-26(30(22)18-10-3-1-4-11-18)28-27-25(33)23-21-15-17-9-7-8-14-20(17)24(21)31(29-23)19-12-5-2-6-13-19/h1-14H,15-16H2,(H,27,33)/b28-26+. The minimum Gasteiger partial charge on any atom is -0.273 e. The van der Waals surface area contributed by atoms with Gasteiger partial charge in [-0.15, -0.1) is 5.10 Å². The first-order valence-electron chi connectivity index (χ1n) is 10.8. The molecule has 0 unspecified atom stereocenters. The van der Waals surface area contributed by atoms with Gasteiger partial charge in [-0.2, -0.15) is 5.10 Å². The average molecular weight is 466 g/mol. The second kappa shape index (κ2) is 8.31. The molecule has 1 aliphatic heterocycles. The van der Waals surface area contributed by atoms with E-state index < -0.39 is 5.91 Å². The molecule has 34 heavy (non-hydrogen) atoms. The Morgan fingerprint density at radius 3 is 2.35 bits per heavy atom.